The summed E-state index contributed by atoms with van der Waals surface area (Å²) in [6, 6.07) is 5.20. The minimum absolute atomic E-state index is 0.153. The van der Waals surface area contributed by atoms with Gasteiger partial charge in [-0.2, -0.15) is 0 Å². The van der Waals surface area contributed by atoms with E-state index in [0.717, 1.165) is 29.9 Å². The summed E-state index contributed by atoms with van der Waals surface area (Å²) in [6.07, 6.45) is 2.48. The van der Waals surface area contributed by atoms with Gasteiger partial charge in [-0.3, -0.25) is 4.90 Å². The molecular weight excluding hydrogens is 267 g/mol. The number of likely N-dealkylation sites (tertiary alicyclic amines) is 1. The van der Waals surface area contributed by atoms with Crippen molar-refractivity contribution in [2.45, 2.75) is 38.8 Å². The highest BCUT2D eigenvalue weighted by Gasteiger charge is 2.26. The first-order chi connectivity index (χ1) is 10.1. The molecular formula is C16H23FN4. The van der Waals surface area contributed by atoms with Gasteiger partial charge in [0.1, 0.15) is 11.6 Å². The van der Waals surface area contributed by atoms with Gasteiger partial charge in [0.05, 0.1) is 17.1 Å². The number of hydrogen-bond donors (Lipinski definition) is 1. The Morgan fingerprint density at radius 2 is 2.00 bits per heavy atom. The smallest absolute Gasteiger partial charge is 0.127 e. The highest BCUT2D eigenvalue weighted by molar-refractivity contribution is 5.76. The molecule has 114 valence electrons. The van der Waals surface area contributed by atoms with E-state index in [2.05, 4.69) is 23.3 Å². The van der Waals surface area contributed by atoms with Gasteiger partial charge < -0.3 is 10.3 Å². The van der Waals surface area contributed by atoms with Crippen LogP contribution >= 0.6 is 0 Å². The number of halogens is 1. The lowest BCUT2D eigenvalue weighted by Crippen LogP contribution is -2.28. The van der Waals surface area contributed by atoms with Crippen molar-refractivity contribution in [3.63, 3.8) is 0 Å². The van der Waals surface area contributed by atoms with Crippen LogP contribution in [0.4, 0.5) is 4.39 Å². The molecule has 1 aromatic carbocycles. The Balaban J connectivity index is 2.10. The number of rotatable bonds is 4. The van der Waals surface area contributed by atoms with Crippen molar-refractivity contribution in [2.24, 2.45) is 5.73 Å². The van der Waals surface area contributed by atoms with Gasteiger partial charge in [0.2, 0.25) is 0 Å². The van der Waals surface area contributed by atoms with Crippen molar-refractivity contribution in [3.05, 3.63) is 29.8 Å². The SMILES string of the molecule is CC(c1nc2cc(F)ccc2n1C(C)CN)N1CCCC1. The summed E-state index contributed by atoms with van der Waals surface area (Å²) in [5.41, 5.74) is 7.56. The minimum Gasteiger partial charge on any atom is -0.328 e. The second kappa shape index (κ2) is 5.73. The number of nitrogens with zero attached hydrogens (tertiary/aromatic N) is 3. The highest BCUT2D eigenvalue weighted by atomic mass is 19.1. The third kappa shape index (κ3) is 2.56. The van der Waals surface area contributed by atoms with E-state index >= 15 is 0 Å². The van der Waals surface area contributed by atoms with E-state index in [1.54, 1.807) is 0 Å². The molecule has 4 nitrogen and oxygen atoms in total. The Morgan fingerprint density at radius 1 is 1.29 bits per heavy atom. The van der Waals surface area contributed by atoms with Gasteiger partial charge in [-0.1, -0.05) is 0 Å². The number of fused-ring (bicyclic) bond motifs is 1. The molecule has 3 rings (SSSR count). The van der Waals surface area contributed by atoms with Gasteiger partial charge in [0, 0.05) is 18.7 Å². The quantitative estimate of drug-likeness (QED) is 0.942. The first-order valence-corrected chi connectivity index (χ1v) is 7.73. The van der Waals surface area contributed by atoms with Gasteiger partial charge in [0.15, 0.2) is 0 Å². The fourth-order valence-corrected chi connectivity index (χ4v) is 3.25. The van der Waals surface area contributed by atoms with Crippen LogP contribution in [0, 0.1) is 5.82 Å². The Kier molecular flexibility index (Phi) is 3.95. The molecule has 2 unspecified atom stereocenters. The number of benzene rings is 1. The number of hydrogen-bond acceptors (Lipinski definition) is 3. The fourth-order valence-electron chi connectivity index (χ4n) is 3.25. The normalized spacial score (nSPS) is 19.2. The van der Waals surface area contributed by atoms with Crippen LogP contribution in [-0.2, 0) is 0 Å². The van der Waals surface area contributed by atoms with Crippen LogP contribution in [0.25, 0.3) is 11.0 Å². The molecule has 21 heavy (non-hydrogen) atoms. The molecule has 1 fully saturated rings. The number of nitrogens with two attached hydrogens (primary N) is 1. The van der Waals surface area contributed by atoms with Crippen molar-refractivity contribution in [1.82, 2.24) is 14.5 Å². The first kappa shape index (κ1) is 14.5. The summed E-state index contributed by atoms with van der Waals surface area (Å²) in [5, 5.41) is 0. The Bertz CT molecular complexity index is 630. The van der Waals surface area contributed by atoms with Crippen LogP contribution in [0.5, 0.6) is 0 Å². The van der Waals surface area contributed by atoms with E-state index in [0.29, 0.717) is 6.54 Å². The predicted molar refractivity (Wildman–Crippen MR) is 82.7 cm³/mol. The monoisotopic (exact) mass is 290 g/mol. The van der Waals surface area contributed by atoms with Crippen LogP contribution in [0.2, 0.25) is 0 Å². The molecule has 0 bridgehead atoms. The lowest BCUT2D eigenvalue weighted by Gasteiger charge is -2.26. The molecule has 1 aliphatic heterocycles. The summed E-state index contributed by atoms with van der Waals surface area (Å²) in [4.78, 5) is 7.15. The number of imidazole rings is 1. The Labute approximate surface area is 124 Å². The lowest BCUT2D eigenvalue weighted by molar-refractivity contribution is 0.246. The Morgan fingerprint density at radius 3 is 2.67 bits per heavy atom. The van der Waals surface area contributed by atoms with E-state index in [4.69, 9.17) is 10.7 Å². The van der Waals surface area contributed by atoms with E-state index < -0.39 is 0 Å². The van der Waals surface area contributed by atoms with Gasteiger partial charge >= 0.3 is 0 Å². The predicted octanol–water partition coefficient (Wildman–Crippen LogP) is 2.85. The molecule has 2 heterocycles. The first-order valence-electron chi connectivity index (χ1n) is 7.73. The van der Waals surface area contributed by atoms with Crippen LogP contribution < -0.4 is 5.73 Å². The third-order valence-electron chi connectivity index (χ3n) is 4.52. The van der Waals surface area contributed by atoms with E-state index in [1.165, 1.54) is 25.0 Å². The molecule has 0 saturated carbocycles. The van der Waals surface area contributed by atoms with Crippen LogP contribution in [0.1, 0.15) is 44.6 Å². The molecule has 5 heteroatoms. The molecule has 1 aliphatic rings. The van der Waals surface area contributed by atoms with E-state index in [-0.39, 0.29) is 17.9 Å². The average Bonchev–Trinajstić information content (AvgIpc) is 3.12. The number of aromatic nitrogens is 2. The summed E-state index contributed by atoms with van der Waals surface area (Å²) in [6.45, 7) is 7.03. The molecule has 0 radical (unpaired) electrons. The van der Waals surface area contributed by atoms with Crippen molar-refractivity contribution >= 4 is 11.0 Å². The largest absolute Gasteiger partial charge is 0.328 e. The van der Waals surface area contributed by atoms with Crippen LogP contribution in [0.3, 0.4) is 0 Å². The summed E-state index contributed by atoms with van der Waals surface area (Å²) in [7, 11) is 0. The second-order valence-corrected chi connectivity index (χ2v) is 5.98. The zero-order chi connectivity index (χ0) is 15.0. The average molecular weight is 290 g/mol. The van der Waals surface area contributed by atoms with Crippen LogP contribution in [-0.4, -0.2) is 34.1 Å². The molecule has 1 aromatic heterocycles. The van der Waals surface area contributed by atoms with Gasteiger partial charge in [-0.05, 0) is 51.9 Å². The molecule has 0 spiro atoms. The van der Waals surface area contributed by atoms with Crippen molar-refractivity contribution in [3.8, 4) is 0 Å². The maximum atomic E-state index is 13.5. The third-order valence-corrected chi connectivity index (χ3v) is 4.52. The fraction of sp³-hybridized carbons (Fsp3) is 0.562. The molecule has 1 saturated heterocycles. The standard InChI is InChI=1S/C16H23FN4/c1-11(10-18)21-15-6-5-13(17)9-14(15)19-16(21)12(2)20-7-3-4-8-20/h5-6,9,11-12H,3-4,7-8,10,18H2,1-2H3. The van der Waals surface area contributed by atoms with Crippen LogP contribution in [0.15, 0.2) is 18.2 Å². The molecule has 0 aliphatic carbocycles. The van der Waals surface area contributed by atoms with Crippen molar-refractivity contribution in [1.29, 1.82) is 0 Å². The topological polar surface area (TPSA) is 47.1 Å². The zero-order valence-corrected chi connectivity index (χ0v) is 12.7. The maximum Gasteiger partial charge on any atom is 0.127 e. The van der Waals surface area contributed by atoms with Crippen molar-refractivity contribution < 1.29 is 4.39 Å². The summed E-state index contributed by atoms with van der Waals surface area (Å²) < 4.78 is 15.7. The molecule has 2 N–H and O–H groups in total. The Hall–Kier alpha value is -1.46. The van der Waals surface area contributed by atoms with Crippen molar-refractivity contribution in [2.75, 3.05) is 19.6 Å². The van der Waals surface area contributed by atoms with Gasteiger partial charge in [-0.25, -0.2) is 9.37 Å². The molecule has 0 amide bonds. The summed E-state index contributed by atoms with van der Waals surface area (Å²) in [5.74, 6) is 0.753. The van der Waals surface area contributed by atoms with E-state index in [1.807, 2.05) is 6.07 Å². The lowest BCUT2D eigenvalue weighted by atomic mass is 10.2. The highest BCUT2D eigenvalue weighted by Crippen LogP contribution is 2.30. The van der Waals surface area contributed by atoms with E-state index in [9.17, 15) is 4.39 Å². The second-order valence-electron chi connectivity index (χ2n) is 5.98. The van der Waals surface area contributed by atoms with Gasteiger partial charge in [-0.15, -0.1) is 0 Å². The summed E-state index contributed by atoms with van der Waals surface area (Å²) >= 11 is 0. The molecule has 2 atom stereocenters. The zero-order valence-electron chi connectivity index (χ0n) is 12.7. The minimum atomic E-state index is -0.243. The van der Waals surface area contributed by atoms with Gasteiger partial charge in [0.25, 0.3) is 0 Å². The maximum absolute atomic E-state index is 13.5. The molecule has 2 aromatic rings.